The van der Waals surface area contributed by atoms with Crippen LogP contribution in [0.15, 0.2) is 34.5 Å². The molecule has 2 aliphatic heterocycles. The van der Waals surface area contributed by atoms with Gasteiger partial charge in [0.15, 0.2) is 36.3 Å². The fourth-order valence-electron chi connectivity index (χ4n) is 4.39. The van der Waals surface area contributed by atoms with Gasteiger partial charge >= 0.3 is 20.3 Å². The highest BCUT2D eigenvalue weighted by Crippen LogP contribution is 2.63. The summed E-state index contributed by atoms with van der Waals surface area (Å²) in [4.78, 5) is 48.4. The Balaban J connectivity index is 1.56. The summed E-state index contributed by atoms with van der Waals surface area (Å²) in [5.74, 6) is -0.0899. The van der Waals surface area contributed by atoms with Crippen molar-refractivity contribution in [3.63, 3.8) is 0 Å². The predicted molar refractivity (Wildman–Crippen MR) is 144 cm³/mol. The molecular weight excluding hydrogens is 662 g/mol. The lowest BCUT2D eigenvalue weighted by atomic mass is 10.1. The third-order valence-corrected chi connectivity index (χ3v) is 10.3. The van der Waals surface area contributed by atoms with Gasteiger partial charge in [0.1, 0.15) is 41.8 Å². The number of alkyl halides is 2. The first kappa shape index (κ1) is 32.8. The minimum atomic E-state index is -5.27. The van der Waals surface area contributed by atoms with Gasteiger partial charge in [0.25, 0.3) is 5.56 Å². The van der Waals surface area contributed by atoms with E-state index >= 15 is 8.78 Å². The number of anilines is 1. The van der Waals surface area contributed by atoms with Crippen molar-refractivity contribution < 1.29 is 54.6 Å². The SMILES string of the molecule is COS[P@]1(=O)OC[C@@H](OC)[C@@H](F)[C@H](n2cnc3c(N)ncnc32)OP(=O)(O)OC[C@H]2O[C@@H](n3ccc(=O)[nH]c3=O)[C@H](O1)[C@@H]2F. The Morgan fingerprint density at radius 1 is 1.09 bits per heavy atom. The predicted octanol–water partition coefficient (Wildman–Crippen LogP) is 0.998. The van der Waals surface area contributed by atoms with E-state index in [0.717, 1.165) is 48.3 Å². The van der Waals surface area contributed by atoms with Crippen molar-refractivity contribution >= 4 is 43.3 Å². The minimum Gasteiger partial charge on any atom is -0.382 e. The maximum atomic E-state index is 16.2. The van der Waals surface area contributed by atoms with Crippen LogP contribution in [-0.4, -0.2) is 92.1 Å². The monoisotopic (exact) mass is 687 g/mol. The molecule has 5 rings (SSSR count). The first-order chi connectivity index (χ1) is 20.9. The molecule has 2 fully saturated rings. The first-order valence-electron chi connectivity index (χ1n) is 12.4. The molecule has 2 saturated heterocycles. The Bertz CT molecular complexity index is 1710. The molecule has 0 saturated carbocycles. The van der Waals surface area contributed by atoms with Crippen LogP contribution in [0.3, 0.4) is 0 Å². The molecule has 19 nitrogen and oxygen atoms in total. The van der Waals surface area contributed by atoms with Crippen molar-refractivity contribution in [1.29, 1.82) is 0 Å². The molecule has 4 N–H and O–H groups in total. The maximum absolute atomic E-state index is 16.2. The van der Waals surface area contributed by atoms with Gasteiger partial charge in [-0.2, -0.15) is 0 Å². The summed E-state index contributed by atoms with van der Waals surface area (Å²) < 4.78 is 97.2. The Morgan fingerprint density at radius 3 is 2.57 bits per heavy atom. The number of nitrogens with zero attached hydrogens (tertiary/aromatic N) is 5. The van der Waals surface area contributed by atoms with Crippen molar-refractivity contribution in [2.45, 2.75) is 43.1 Å². The molecule has 0 radical (unpaired) electrons. The minimum absolute atomic E-state index is 0.00483. The highest BCUT2D eigenvalue weighted by atomic mass is 32.7. The molecule has 9 atom stereocenters. The highest BCUT2D eigenvalue weighted by molar-refractivity contribution is 8.52. The number of nitrogen functional groups attached to an aromatic ring is 1. The first-order valence-corrected chi connectivity index (χ1v) is 16.8. The fourth-order valence-corrected chi connectivity index (χ4v) is 7.71. The van der Waals surface area contributed by atoms with Gasteiger partial charge < -0.3 is 24.3 Å². The summed E-state index contributed by atoms with van der Waals surface area (Å²) in [6, 6.07) is 0.931. The van der Waals surface area contributed by atoms with Crippen LogP contribution >= 0.6 is 26.3 Å². The maximum Gasteiger partial charge on any atom is 0.474 e. The molecule has 3 aromatic heterocycles. The second-order valence-corrected chi connectivity index (χ2v) is 14.2. The van der Waals surface area contributed by atoms with Crippen molar-refractivity contribution in [1.82, 2.24) is 29.1 Å². The number of halogens is 2. The molecule has 0 spiro atoms. The molecule has 0 aromatic carbocycles. The van der Waals surface area contributed by atoms with Gasteiger partial charge in [-0.3, -0.25) is 37.0 Å². The number of H-pyrrole nitrogens is 1. The lowest BCUT2D eigenvalue weighted by Gasteiger charge is -2.30. The largest absolute Gasteiger partial charge is 0.474 e. The molecule has 24 heteroatoms. The van der Waals surface area contributed by atoms with Crippen LogP contribution < -0.4 is 17.0 Å². The second kappa shape index (κ2) is 13.0. The zero-order chi connectivity index (χ0) is 31.8. The van der Waals surface area contributed by atoms with E-state index in [-0.39, 0.29) is 28.6 Å². The van der Waals surface area contributed by atoms with Crippen molar-refractivity contribution in [3.8, 4) is 0 Å². The Morgan fingerprint density at radius 2 is 1.86 bits per heavy atom. The lowest BCUT2D eigenvalue weighted by molar-refractivity contribution is -0.0799. The third kappa shape index (κ3) is 6.65. The van der Waals surface area contributed by atoms with Gasteiger partial charge in [0.05, 0.1) is 26.7 Å². The van der Waals surface area contributed by atoms with E-state index < -0.39 is 82.2 Å². The summed E-state index contributed by atoms with van der Waals surface area (Å²) in [6.07, 6.45) is -10.8. The normalized spacial score (nSPS) is 35.4. The summed E-state index contributed by atoms with van der Waals surface area (Å²) >= 11 is 0.146. The van der Waals surface area contributed by atoms with Gasteiger partial charge in [-0.1, -0.05) is 0 Å². The molecule has 0 amide bonds. The molecular formula is C20H25F2N7O12P2S. The van der Waals surface area contributed by atoms with E-state index in [0.29, 0.717) is 0 Å². The van der Waals surface area contributed by atoms with Gasteiger partial charge in [-0.15, -0.1) is 0 Å². The fraction of sp³-hybridized carbons (Fsp3) is 0.550. The number of imidazole rings is 1. The van der Waals surface area contributed by atoms with Crippen LogP contribution in [0.5, 0.6) is 0 Å². The topological polar surface area (TPSA) is 243 Å². The average Bonchev–Trinajstić information content (AvgIpc) is 3.53. The number of aromatic amines is 1. The Labute approximate surface area is 249 Å². The van der Waals surface area contributed by atoms with Crippen molar-refractivity contribution in [2.24, 2.45) is 0 Å². The summed E-state index contributed by atoms with van der Waals surface area (Å²) in [7, 11) is -3.11. The number of methoxy groups -OCH3 is 1. The molecule has 5 heterocycles. The number of rotatable bonds is 5. The molecule has 0 aliphatic carbocycles. The van der Waals surface area contributed by atoms with Crippen molar-refractivity contribution in [3.05, 3.63) is 45.8 Å². The highest BCUT2D eigenvalue weighted by Gasteiger charge is 2.52. The van der Waals surface area contributed by atoms with E-state index in [1.807, 2.05) is 4.98 Å². The van der Waals surface area contributed by atoms with Crippen LogP contribution in [0.2, 0.25) is 0 Å². The number of phosphoric acid groups is 1. The Hall–Kier alpha value is -2.62. The van der Waals surface area contributed by atoms with Crippen molar-refractivity contribution in [2.75, 3.05) is 33.2 Å². The number of phosphoric ester groups is 1. The van der Waals surface area contributed by atoms with E-state index in [1.54, 1.807) is 0 Å². The summed E-state index contributed by atoms with van der Waals surface area (Å²) in [5.41, 5.74) is 3.88. The molecule has 3 aromatic rings. The molecule has 242 valence electrons. The zero-order valence-electron chi connectivity index (χ0n) is 22.6. The number of ether oxygens (including phenoxy) is 2. The lowest BCUT2D eigenvalue weighted by Crippen LogP contribution is -2.39. The van der Waals surface area contributed by atoms with E-state index in [9.17, 15) is 23.6 Å². The molecule has 1 unspecified atom stereocenters. The number of nitrogens with two attached hydrogens (primary N) is 1. The second-order valence-electron chi connectivity index (χ2n) is 9.14. The number of hydrogen-bond acceptors (Lipinski definition) is 16. The van der Waals surface area contributed by atoms with Gasteiger partial charge in [-0.25, -0.2) is 37.7 Å². The summed E-state index contributed by atoms with van der Waals surface area (Å²) in [5, 5.41) is 0. The Kier molecular flexibility index (Phi) is 9.69. The molecule has 44 heavy (non-hydrogen) atoms. The van der Waals surface area contributed by atoms with Gasteiger partial charge in [0.2, 0.25) is 0 Å². The van der Waals surface area contributed by atoms with Gasteiger partial charge in [-0.05, 0) is 0 Å². The van der Waals surface area contributed by atoms with Gasteiger partial charge in [0, 0.05) is 19.4 Å². The van der Waals surface area contributed by atoms with Crippen LogP contribution in [0.4, 0.5) is 14.6 Å². The summed E-state index contributed by atoms with van der Waals surface area (Å²) in [6.45, 7) is -6.47. The van der Waals surface area contributed by atoms with Crippen LogP contribution in [0.1, 0.15) is 12.5 Å². The molecule has 2 bridgehead atoms. The van der Waals surface area contributed by atoms with Crippen LogP contribution in [-0.2, 0) is 40.9 Å². The van der Waals surface area contributed by atoms with Crippen LogP contribution in [0, 0.1) is 0 Å². The van der Waals surface area contributed by atoms with E-state index in [4.69, 9.17) is 37.5 Å². The average molecular weight is 687 g/mol. The number of fused-ring (bicyclic) bond motifs is 3. The quantitative estimate of drug-likeness (QED) is 0.250. The number of aromatic nitrogens is 6. The van der Waals surface area contributed by atoms with Crippen LogP contribution in [0.25, 0.3) is 11.2 Å². The van der Waals surface area contributed by atoms with E-state index in [1.165, 1.54) is 0 Å². The third-order valence-electron chi connectivity index (χ3n) is 6.44. The molecule has 2 aliphatic rings. The van der Waals surface area contributed by atoms with E-state index in [2.05, 4.69) is 15.0 Å². The standard InChI is InChI=1S/C20H25F2N7O12P2S/c1-35-9-5-38-43(34,44-36-2)40-15-12(21)10(39-19(15)28-4-3-11(30)27-20(28)31)6-37-42(32,33)41-18(13(9)22)29-8-26-14-16(23)24-7-25-17(14)29/h3-4,7-10,12-13,15,18-19H,5-6H2,1-2H3,(H,32,33)(H2,23,24,25)(H,27,30,31)/t9-,10-,12-,13-,15-,18-,19-,43-/m1/s1. The smallest absolute Gasteiger partial charge is 0.382 e. The number of nitrogens with one attached hydrogen (secondary N) is 1. The number of hydrogen-bond donors (Lipinski definition) is 3. The zero-order valence-corrected chi connectivity index (χ0v) is 25.2.